The second-order valence-corrected chi connectivity index (χ2v) is 6.30. The molecule has 1 heterocycles. The number of carbonyl (C=O) groups is 3. The van der Waals surface area contributed by atoms with Crippen LogP contribution in [0.5, 0.6) is 11.5 Å². The van der Waals surface area contributed by atoms with Crippen LogP contribution in [0.4, 0.5) is 10.5 Å². The lowest BCUT2D eigenvalue weighted by atomic mass is 10.1. The molecule has 1 aliphatic rings. The lowest BCUT2D eigenvalue weighted by Crippen LogP contribution is -2.42. The highest BCUT2D eigenvalue weighted by atomic mass is 32.2. The van der Waals surface area contributed by atoms with Crippen LogP contribution in [0.25, 0.3) is 6.08 Å². The molecule has 0 radical (unpaired) electrons. The van der Waals surface area contributed by atoms with E-state index < -0.39 is 39.5 Å². The highest BCUT2D eigenvalue weighted by Gasteiger charge is 2.41. The van der Waals surface area contributed by atoms with Crippen LogP contribution in [0.2, 0.25) is 0 Å². The third-order valence-corrected chi connectivity index (χ3v) is 4.49. The predicted molar refractivity (Wildman–Crippen MR) is 93.0 cm³/mol. The molecule has 1 aromatic carbocycles. The zero-order valence-corrected chi connectivity index (χ0v) is 15.4. The Morgan fingerprint density at radius 1 is 1.41 bits per heavy atom. The average molecular weight is 395 g/mol. The zero-order valence-electron chi connectivity index (χ0n) is 14.6. The first-order chi connectivity index (χ1) is 12.7. The van der Waals surface area contributed by atoms with Gasteiger partial charge in [0.15, 0.2) is 0 Å². The van der Waals surface area contributed by atoms with E-state index in [9.17, 15) is 29.6 Å². The molecule has 0 N–H and O–H groups in total. The SMILES string of the molecule is CCOc1cc(/C=C2/SC(=O)N([C@H](C)C(=O)OC)C2=O)cc([N+](=O)[O-])c1[O-]. The number of imide groups is 1. The molecule has 1 aromatic rings. The van der Waals surface area contributed by atoms with Crippen LogP contribution < -0.4 is 9.84 Å². The van der Waals surface area contributed by atoms with E-state index in [-0.39, 0.29) is 22.8 Å². The fourth-order valence-corrected chi connectivity index (χ4v) is 3.24. The molecule has 0 saturated carbocycles. The Bertz CT molecular complexity index is 851. The molecule has 1 saturated heterocycles. The molecule has 1 aliphatic heterocycles. The summed E-state index contributed by atoms with van der Waals surface area (Å²) in [4.78, 5) is 47.1. The summed E-state index contributed by atoms with van der Waals surface area (Å²) in [7, 11) is 1.13. The first-order valence-electron chi connectivity index (χ1n) is 7.68. The number of nitro groups is 1. The van der Waals surface area contributed by atoms with E-state index >= 15 is 0 Å². The van der Waals surface area contributed by atoms with E-state index in [1.807, 2.05) is 0 Å². The number of esters is 1. The normalized spacial score (nSPS) is 16.6. The molecule has 2 amide bonds. The van der Waals surface area contributed by atoms with Crippen molar-refractivity contribution in [1.29, 1.82) is 0 Å². The first kappa shape index (κ1) is 20.2. The number of thioether (sulfide) groups is 1. The van der Waals surface area contributed by atoms with Gasteiger partial charge in [0.1, 0.15) is 11.8 Å². The monoisotopic (exact) mass is 395 g/mol. The molecular formula is C16H15N2O8S-. The summed E-state index contributed by atoms with van der Waals surface area (Å²) < 4.78 is 9.64. The number of hydrogen-bond acceptors (Lipinski definition) is 9. The van der Waals surface area contributed by atoms with E-state index in [2.05, 4.69) is 4.74 Å². The Morgan fingerprint density at radius 2 is 2.07 bits per heavy atom. The Morgan fingerprint density at radius 3 is 2.63 bits per heavy atom. The van der Waals surface area contributed by atoms with Crippen molar-refractivity contribution in [2.75, 3.05) is 13.7 Å². The lowest BCUT2D eigenvalue weighted by molar-refractivity contribution is -0.398. The molecule has 1 atom stereocenters. The maximum Gasteiger partial charge on any atom is 0.328 e. The average Bonchev–Trinajstić information content (AvgIpc) is 2.89. The van der Waals surface area contributed by atoms with Crippen LogP contribution in [0.1, 0.15) is 19.4 Å². The van der Waals surface area contributed by atoms with E-state index in [0.717, 1.165) is 18.1 Å². The summed E-state index contributed by atoms with van der Waals surface area (Å²) in [6, 6.07) is 1.12. The maximum atomic E-state index is 12.5. The Labute approximate surface area is 157 Å². The standard InChI is InChI=1S/C16H16N2O8S/c1-4-26-11-6-9(5-10(13(11)19)18(23)24)7-12-14(20)17(16(22)27-12)8(2)15(21)25-3/h5-8,19H,4H2,1-3H3/p-1/b12-7+/t8-/m1/s1. The summed E-state index contributed by atoms with van der Waals surface area (Å²) in [6.07, 6.45) is 1.23. The minimum absolute atomic E-state index is 0.0499. The van der Waals surface area contributed by atoms with Crippen LogP contribution in [0.3, 0.4) is 0 Å². The molecule has 144 valence electrons. The van der Waals surface area contributed by atoms with Gasteiger partial charge in [-0.2, -0.15) is 0 Å². The smallest absolute Gasteiger partial charge is 0.328 e. The topological polar surface area (TPSA) is 139 Å². The highest BCUT2D eigenvalue weighted by Crippen LogP contribution is 2.38. The molecule has 0 aliphatic carbocycles. The Balaban J connectivity index is 2.44. The summed E-state index contributed by atoms with van der Waals surface area (Å²) in [5.41, 5.74) is -0.574. The number of nitrogens with zero attached hydrogens (tertiary/aromatic N) is 2. The van der Waals surface area contributed by atoms with Crippen LogP contribution in [0.15, 0.2) is 17.0 Å². The van der Waals surface area contributed by atoms with Gasteiger partial charge in [0, 0.05) is 11.8 Å². The summed E-state index contributed by atoms with van der Waals surface area (Å²) in [5.74, 6) is -2.62. The number of ether oxygens (including phenoxy) is 2. The molecular weight excluding hydrogens is 380 g/mol. The minimum Gasteiger partial charge on any atom is -0.865 e. The number of nitro benzene ring substituents is 1. The van der Waals surface area contributed by atoms with E-state index in [1.165, 1.54) is 19.1 Å². The van der Waals surface area contributed by atoms with Crippen molar-refractivity contribution < 1.29 is 33.9 Å². The summed E-state index contributed by atoms with van der Waals surface area (Å²) in [6.45, 7) is 3.07. The van der Waals surface area contributed by atoms with Gasteiger partial charge in [0.2, 0.25) is 0 Å². The third-order valence-electron chi connectivity index (χ3n) is 3.61. The summed E-state index contributed by atoms with van der Waals surface area (Å²) in [5, 5.41) is 22.4. The predicted octanol–water partition coefficient (Wildman–Crippen LogP) is 1.66. The second-order valence-electron chi connectivity index (χ2n) is 5.31. The number of methoxy groups -OCH3 is 1. The molecule has 0 unspecified atom stereocenters. The minimum atomic E-state index is -1.12. The largest absolute Gasteiger partial charge is 0.865 e. The molecule has 0 bridgehead atoms. The molecule has 11 heteroatoms. The number of hydrogen-bond donors (Lipinski definition) is 0. The highest BCUT2D eigenvalue weighted by molar-refractivity contribution is 8.18. The van der Waals surface area contributed by atoms with Gasteiger partial charge in [-0.3, -0.25) is 24.6 Å². The van der Waals surface area contributed by atoms with Gasteiger partial charge in [-0.05, 0) is 43.3 Å². The van der Waals surface area contributed by atoms with Crippen LogP contribution in [-0.4, -0.2) is 46.7 Å². The van der Waals surface area contributed by atoms with Crippen LogP contribution >= 0.6 is 11.8 Å². The van der Waals surface area contributed by atoms with Crippen molar-refractivity contribution in [2.24, 2.45) is 0 Å². The van der Waals surface area contributed by atoms with Gasteiger partial charge in [-0.25, -0.2) is 4.79 Å². The van der Waals surface area contributed by atoms with E-state index in [0.29, 0.717) is 11.8 Å². The second kappa shape index (κ2) is 8.08. The molecule has 0 aromatic heterocycles. The first-order valence-corrected chi connectivity index (χ1v) is 8.50. The van der Waals surface area contributed by atoms with Crippen molar-refractivity contribution >= 4 is 40.6 Å². The molecule has 1 fully saturated rings. The van der Waals surface area contributed by atoms with Gasteiger partial charge < -0.3 is 14.6 Å². The van der Waals surface area contributed by atoms with Crippen LogP contribution in [0, 0.1) is 10.1 Å². The van der Waals surface area contributed by atoms with E-state index in [4.69, 9.17) is 4.74 Å². The van der Waals surface area contributed by atoms with Gasteiger partial charge >= 0.3 is 5.97 Å². The van der Waals surface area contributed by atoms with Gasteiger partial charge in [-0.1, -0.05) is 0 Å². The van der Waals surface area contributed by atoms with Gasteiger partial charge in [-0.15, -0.1) is 0 Å². The Hall–Kier alpha value is -3.08. The van der Waals surface area contributed by atoms with Crippen molar-refractivity contribution in [3.63, 3.8) is 0 Å². The zero-order chi connectivity index (χ0) is 20.3. The van der Waals surface area contributed by atoms with Crippen molar-refractivity contribution in [2.45, 2.75) is 19.9 Å². The number of benzene rings is 1. The van der Waals surface area contributed by atoms with Crippen molar-refractivity contribution in [3.8, 4) is 11.5 Å². The third kappa shape index (κ3) is 4.03. The van der Waals surface area contributed by atoms with Gasteiger partial charge in [0.25, 0.3) is 16.8 Å². The molecule has 2 rings (SSSR count). The van der Waals surface area contributed by atoms with Crippen LogP contribution in [-0.2, 0) is 14.3 Å². The lowest BCUT2D eigenvalue weighted by Gasteiger charge is -2.18. The Kier molecular flexibility index (Phi) is 6.05. The fraction of sp³-hybridized carbons (Fsp3) is 0.312. The number of carbonyl (C=O) groups excluding carboxylic acids is 3. The van der Waals surface area contributed by atoms with E-state index in [1.54, 1.807) is 6.92 Å². The molecule has 10 nitrogen and oxygen atoms in total. The van der Waals surface area contributed by atoms with Crippen molar-refractivity contribution in [1.82, 2.24) is 4.90 Å². The summed E-state index contributed by atoms with van der Waals surface area (Å²) >= 11 is 0.572. The number of amides is 2. The quantitative estimate of drug-likeness (QED) is 0.304. The number of rotatable bonds is 6. The maximum absolute atomic E-state index is 12.5. The molecule has 27 heavy (non-hydrogen) atoms. The fourth-order valence-electron chi connectivity index (χ4n) is 2.33. The van der Waals surface area contributed by atoms with Gasteiger partial charge in [0.05, 0.1) is 23.5 Å². The van der Waals surface area contributed by atoms with Crippen molar-refractivity contribution in [3.05, 3.63) is 32.7 Å². The molecule has 0 spiro atoms.